The Morgan fingerprint density at radius 3 is 2.57 bits per heavy atom. The zero-order chi connectivity index (χ0) is 15.2. The Balaban J connectivity index is 2.07. The van der Waals surface area contributed by atoms with Crippen LogP contribution in [0.5, 0.6) is 0 Å². The molecule has 2 rings (SSSR count). The van der Waals surface area contributed by atoms with Crippen molar-refractivity contribution in [3.05, 3.63) is 35.6 Å². The lowest BCUT2D eigenvalue weighted by Crippen LogP contribution is -2.46. The minimum Gasteiger partial charge on any atom is -0.480 e. The van der Waals surface area contributed by atoms with Gasteiger partial charge in [-0.05, 0) is 17.7 Å². The summed E-state index contributed by atoms with van der Waals surface area (Å²) in [6.45, 7) is 0.453. The van der Waals surface area contributed by atoms with Crippen LogP contribution in [0.3, 0.4) is 0 Å². The lowest BCUT2D eigenvalue weighted by atomic mass is 10.2. The third kappa shape index (κ3) is 4.51. The predicted molar refractivity (Wildman–Crippen MR) is 70.0 cm³/mol. The van der Waals surface area contributed by atoms with E-state index in [9.17, 15) is 14.0 Å². The molecule has 1 fully saturated rings. The van der Waals surface area contributed by atoms with E-state index in [0.717, 1.165) is 4.90 Å². The maximum absolute atomic E-state index is 12.9. The zero-order valence-electron chi connectivity index (χ0n) is 11.3. The number of halogens is 1. The summed E-state index contributed by atoms with van der Waals surface area (Å²) in [5.74, 6) is -1.96. The molecule has 0 saturated carbocycles. The van der Waals surface area contributed by atoms with Crippen LogP contribution < -0.4 is 0 Å². The van der Waals surface area contributed by atoms with Gasteiger partial charge in [-0.15, -0.1) is 0 Å². The second-order valence-electron chi connectivity index (χ2n) is 4.65. The number of amides is 1. The van der Waals surface area contributed by atoms with Crippen molar-refractivity contribution >= 4 is 11.9 Å². The highest BCUT2D eigenvalue weighted by Crippen LogP contribution is 2.11. The van der Waals surface area contributed by atoms with Crippen LogP contribution >= 0.6 is 0 Å². The molecule has 1 heterocycles. The molecule has 0 aliphatic carbocycles. The lowest BCUT2D eigenvalue weighted by molar-refractivity contribution is -0.162. The van der Waals surface area contributed by atoms with Gasteiger partial charge in [-0.25, -0.2) is 4.39 Å². The number of nitrogens with zero attached hydrogens (tertiary/aromatic N) is 1. The maximum Gasteiger partial charge on any atom is 0.323 e. The molecule has 1 amide bonds. The number of benzene rings is 1. The van der Waals surface area contributed by atoms with E-state index in [4.69, 9.17) is 14.6 Å². The number of ether oxygens (including phenoxy) is 2. The topological polar surface area (TPSA) is 76.1 Å². The fraction of sp³-hybridized carbons (Fsp3) is 0.429. The van der Waals surface area contributed by atoms with E-state index in [1.165, 1.54) is 24.3 Å². The van der Waals surface area contributed by atoms with Crippen LogP contribution in [-0.4, -0.2) is 54.4 Å². The normalized spacial score (nSPS) is 18.2. The van der Waals surface area contributed by atoms with Crippen LogP contribution in [0.4, 0.5) is 4.39 Å². The molecule has 0 aromatic heterocycles. The van der Waals surface area contributed by atoms with Crippen LogP contribution in [-0.2, 0) is 25.6 Å². The van der Waals surface area contributed by atoms with E-state index in [1.54, 1.807) is 0 Å². The summed E-state index contributed by atoms with van der Waals surface area (Å²) in [7, 11) is 0. The molecule has 0 bridgehead atoms. The monoisotopic (exact) mass is 297 g/mol. The van der Waals surface area contributed by atoms with Gasteiger partial charge in [-0.1, -0.05) is 12.1 Å². The fourth-order valence-corrected chi connectivity index (χ4v) is 2.02. The molecular formula is C14H16FNO5. The van der Waals surface area contributed by atoms with Gasteiger partial charge in [0.25, 0.3) is 5.91 Å². The first-order valence-corrected chi connectivity index (χ1v) is 6.50. The average molecular weight is 297 g/mol. The Labute approximate surface area is 121 Å². The van der Waals surface area contributed by atoms with Crippen molar-refractivity contribution in [2.45, 2.75) is 12.6 Å². The van der Waals surface area contributed by atoms with E-state index >= 15 is 0 Å². The maximum atomic E-state index is 12.9. The quantitative estimate of drug-likeness (QED) is 0.864. The standard InChI is InChI=1S/C14H16FNO5/c15-11-3-1-10(2-4-11)7-16(8-13(17)18)14(19)12-9-20-5-6-21-12/h1-4,12H,5-9H2,(H,17,18)/t12-/m0/s1. The number of carboxylic acids is 1. The molecule has 0 radical (unpaired) electrons. The van der Waals surface area contributed by atoms with Gasteiger partial charge in [-0.3, -0.25) is 9.59 Å². The summed E-state index contributed by atoms with van der Waals surface area (Å²) >= 11 is 0. The Bertz CT molecular complexity index is 499. The average Bonchev–Trinajstić information content (AvgIpc) is 2.48. The van der Waals surface area contributed by atoms with Crippen LogP contribution in [0.2, 0.25) is 0 Å². The number of carbonyl (C=O) groups excluding carboxylic acids is 1. The third-order valence-corrected chi connectivity index (χ3v) is 3.02. The van der Waals surface area contributed by atoms with Gasteiger partial charge in [0.2, 0.25) is 0 Å². The Hall–Kier alpha value is -1.99. The smallest absolute Gasteiger partial charge is 0.323 e. The summed E-state index contributed by atoms with van der Waals surface area (Å²) in [4.78, 5) is 24.4. The fourth-order valence-electron chi connectivity index (χ4n) is 2.02. The van der Waals surface area contributed by atoms with Crippen molar-refractivity contribution in [2.75, 3.05) is 26.4 Å². The molecule has 1 aromatic rings. The zero-order valence-corrected chi connectivity index (χ0v) is 11.3. The van der Waals surface area contributed by atoms with Crippen LogP contribution in [0, 0.1) is 5.82 Å². The number of carboxylic acid groups (broad SMARTS) is 1. The minimum absolute atomic E-state index is 0.0747. The second kappa shape index (κ2) is 7.14. The largest absolute Gasteiger partial charge is 0.480 e. The lowest BCUT2D eigenvalue weighted by Gasteiger charge is -2.28. The SMILES string of the molecule is O=C(O)CN(Cc1ccc(F)cc1)C(=O)[C@@H]1COCCO1. The summed E-state index contributed by atoms with van der Waals surface area (Å²) in [6, 6.07) is 5.54. The van der Waals surface area contributed by atoms with Crippen LogP contribution in [0.1, 0.15) is 5.56 Å². The van der Waals surface area contributed by atoms with Crippen LogP contribution in [0.15, 0.2) is 24.3 Å². The summed E-state index contributed by atoms with van der Waals surface area (Å²) < 4.78 is 23.3. The minimum atomic E-state index is -1.12. The van der Waals surface area contributed by atoms with Gasteiger partial charge in [-0.2, -0.15) is 0 Å². The molecule has 0 spiro atoms. The van der Waals surface area contributed by atoms with E-state index in [0.29, 0.717) is 18.8 Å². The van der Waals surface area contributed by atoms with E-state index in [1.807, 2.05) is 0 Å². The summed E-state index contributed by atoms with van der Waals surface area (Å²) in [6.07, 6.45) is -0.793. The molecule has 6 nitrogen and oxygen atoms in total. The van der Waals surface area contributed by atoms with Crippen molar-refractivity contribution in [3.8, 4) is 0 Å². The summed E-state index contributed by atoms with van der Waals surface area (Å²) in [5.41, 5.74) is 0.641. The summed E-state index contributed by atoms with van der Waals surface area (Å²) in [5, 5.41) is 8.93. The molecule has 1 saturated heterocycles. The number of hydrogen-bond donors (Lipinski definition) is 1. The number of hydrogen-bond acceptors (Lipinski definition) is 4. The predicted octanol–water partition coefficient (Wildman–Crippen LogP) is 0.654. The molecule has 1 aliphatic rings. The molecule has 1 atom stereocenters. The van der Waals surface area contributed by atoms with Crippen molar-refractivity contribution < 1.29 is 28.6 Å². The van der Waals surface area contributed by atoms with Gasteiger partial charge in [0.15, 0.2) is 6.10 Å². The molecule has 1 aliphatic heterocycles. The van der Waals surface area contributed by atoms with Crippen molar-refractivity contribution in [1.82, 2.24) is 4.90 Å². The van der Waals surface area contributed by atoms with Gasteiger partial charge in [0.05, 0.1) is 19.8 Å². The van der Waals surface area contributed by atoms with E-state index in [-0.39, 0.29) is 19.0 Å². The molecule has 21 heavy (non-hydrogen) atoms. The Morgan fingerprint density at radius 2 is 2.00 bits per heavy atom. The van der Waals surface area contributed by atoms with Crippen molar-refractivity contribution in [3.63, 3.8) is 0 Å². The van der Waals surface area contributed by atoms with Gasteiger partial charge in [0, 0.05) is 6.54 Å². The number of rotatable bonds is 5. The Morgan fingerprint density at radius 1 is 1.29 bits per heavy atom. The van der Waals surface area contributed by atoms with E-state index in [2.05, 4.69) is 0 Å². The number of aliphatic carboxylic acids is 1. The molecule has 0 unspecified atom stereocenters. The van der Waals surface area contributed by atoms with Gasteiger partial charge >= 0.3 is 5.97 Å². The first-order chi connectivity index (χ1) is 10.1. The number of carbonyl (C=O) groups is 2. The van der Waals surface area contributed by atoms with Crippen molar-refractivity contribution in [1.29, 1.82) is 0 Å². The highest BCUT2D eigenvalue weighted by atomic mass is 19.1. The van der Waals surface area contributed by atoms with Crippen molar-refractivity contribution in [2.24, 2.45) is 0 Å². The van der Waals surface area contributed by atoms with Gasteiger partial charge in [0.1, 0.15) is 12.4 Å². The first-order valence-electron chi connectivity index (χ1n) is 6.50. The molecule has 114 valence electrons. The molecule has 1 aromatic carbocycles. The van der Waals surface area contributed by atoms with Crippen LogP contribution in [0.25, 0.3) is 0 Å². The molecule has 7 heteroatoms. The third-order valence-electron chi connectivity index (χ3n) is 3.02. The van der Waals surface area contributed by atoms with Gasteiger partial charge < -0.3 is 19.5 Å². The molecular weight excluding hydrogens is 281 g/mol. The Kier molecular flexibility index (Phi) is 5.24. The first kappa shape index (κ1) is 15.4. The second-order valence-corrected chi connectivity index (χ2v) is 4.65. The highest BCUT2D eigenvalue weighted by molar-refractivity contribution is 5.84. The highest BCUT2D eigenvalue weighted by Gasteiger charge is 2.28. The van der Waals surface area contributed by atoms with E-state index < -0.39 is 24.5 Å². The molecule has 1 N–H and O–H groups in total.